The number of carbonyl (C=O) groups excluding carboxylic acids is 1. The van der Waals surface area contributed by atoms with E-state index in [1.165, 1.54) is 22.9 Å². The number of hydrogen-bond donors (Lipinski definition) is 1. The van der Waals surface area contributed by atoms with Crippen molar-refractivity contribution in [1.29, 1.82) is 0 Å². The Hall–Kier alpha value is -2.86. The van der Waals surface area contributed by atoms with Gasteiger partial charge in [0.05, 0.1) is 5.56 Å². The quantitative estimate of drug-likeness (QED) is 0.680. The molecule has 28 heavy (non-hydrogen) atoms. The first-order chi connectivity index (χ1) is 13.5. The third-order valence-electron chi connectivity index (χ3n) is 4.44. The van der Waals surface area contributed by atoms with E-state index in [-0.39, 0.29) is 5.91 Å². The molecule has 0 fully saturated rings. The van der Waals surface area contributed by atoms with Gasteiger partial charge in [-0.05, 0) is 55.3 Å². The number of carbonyl (C=O) groups is 1. The van der Waals surface area contributed by atoms with Crippen LogP contribution in [0.4, 0.5) is 5.82 Å². The van der Waals surface area contributed by atoms with E-state index in [0.717, 1.165) is 16.3 Å². The highest BCUT2D eigenvalue weighted by Gasteiger charge is 2.15. The minimum Gasteiger partial charge on any atom is -0.362 e. The van der Waals surface area contributed by atoms with Crippen molar-refractivity contribution < 1.29 is 4.79 Å². The summed E-state index contributed by atoms with van der Waals surface area (Å²) in [7, 11) is 3.88. The summed E-state index contributed by atoms with van der Waals surface area (Å²) < 4.78 is 0. The molecule has 6 heteroatoms. The van der Waals surface area contributed by atoms with Crippen LogP contribution >= 0.6 is 11.8 Å². The summed E-state index contributed by atoms with van der Waals surface area (Å²) in [6, 6.07) is 13.7. The van der Waals surface area contributed by atoms with Crippen molar-refractivity contribution in [3.8, 4) is 0 Å². The zero-order valence-electron chi connectivity index (χ0n) is 16.6. The minimum atomic E-state index is -0.145. The van der Waals surface area contributed by atoms with Crippen molar-refractivity contribution in [1.82, 2.24) is 15.3 Å². The molecule has 2 heterocycles. The van der Waals surface area contributed by atoms with Crippen LogP contribution in [0.25, 0.3) is 0 Å². The molecular formula is C22H24N4OS. The number of pyridine rings is 2. The molecule has 144 valence electrons. The molecule has 0 radical (unpaired) electrons. The summed E-state index contributed by atoms with van der Waals surface area (Å²) in [4.78, 5) is 24.6. The van der Waals surface area contributed by atoms with E-state index in [9.17, 15) is 4.79 Å². The number of rotatable bonds is 6. The van der Waals surface area contributed by atoms with Gasteiger partial charge in [-0.15, -0.1) is 0 Å². The second-order valence-corrected chi connectivity index (χ2v) is 7.83. The fraction of sp³-hybridized carbons (Fsp3) is 0.227. The van der Waals surface area contributed by atoms with Gasteiger partial charge in [-0.1, -0.05) is 23.9 Å². The predicted molar refractivity (Wildman–Crippen MR) is 114 cm³/mol. The molecule has 1 amide bonds. The number of aromatic nitrogens is 2. The second-order valence-electron chi connectivity index (χ2n) is 6.77. The van der Waals surface area contributed by atoms with Crippen LogP contribution in [0.5, 0.6) is 0 Å². The first kappa shape index (κ1) is 19.9. The van der Waals surface area contributed by atoms with Gasteiger partial charge in [-0.25, -0.2) is 9.97 Å². The van der Waals surface area contributed by atoms with Crippen molar-refractivity contribution in [3.63, 3.8) is 0 Å². The number of aryl methyl sites for hydroxylation is 2. The molecule has 0 spiro atoms. The maximum atomic E-state index is 12.8. The highest BCUT2D eigenvalue weighted by atomic mass is 32.2. The van der Waals surface area contributed by atoms with Gasteiger partial charge >= 0.3 is 0 Å². The molecule has 3 aromatic rings. The van der Waals surface area contributed by atoms with Crippen LogP contribution < -0.4 is 10.2 Å². The van der Waals surface area contributed by atoms with E-state index < -0.39 is 0 Å². The Bertz CT molecular complexity index is 988. The van der Waals surface area contributed by atoms with Crippen molar-refractivity contribution >= 4 is 23.5 Å². The smallest absolute Gasteiger partial charge is 0.254 e. The van der Waals surface area contributed by atoms with Crippen molar-refractivity contribution in [2.24, 2.45) is 0 Å². The average Bonchev–Trinajstić information content (AvgIpc) is 2.69. The summed E-state index contributed by atoms with van der Waals surface area (Å²) in [5, 5.41) is 3.69. The first-order valence-corrected chi connectivity index (χ1v) is 9.87. The number of nitrogens with zero attached hydrogens (tertiary/aromatic N) is 3. The average molecular weight is 393 g/mol. The zero-order valence-corrected chi connectivity index (χ0v) is 17.4. The Labute approximate surface area is 170 Å². The molecule has 0 aliphatic carbocycles. The molecule has 0 bridgehead atoms. The van der Waals surface area contributed by atoms with Gasteiger partial charge in [0.1, 0.15) is 10.8 Å². The number of amides is 1. The highest BCUT2D eigenvalue weighted by molar-refractivity contribution is 7.99. The van der Waals surface area contributed by atoms with Crippen LogP contribution in [0.15, 0.2) is 64.8 Å². The van der Waals surface area contributed by atoms with E-state index in [4.69, 9.17) is 0 Å². The third-order valence-corrected chi connectivity index (χ3v) is 5.45. The molecule has 0 atom stereocenters. The Kier molecular flexibility index (Phi) is 6.31. The van der Waals surface area contributed by atoms with Crippen molar-refractivity contribution in [3.05, 3.63) is 77.1 Å². The Morgan fingerprint density at radius 1 is 1.04 bits per heavy atom. The lowest BCUT2D eigenvalue weighted by molar-refractivity contribution is 0.0947. The predicted octanol–water partition coefficient (Wildman–Crippen LogP) is 4.24. The molecule has 0 saturated carbocycles. The number of benzene rings is 1. The fourth-order valence-electron chi connectivity index (χ4n) is 2.78. The van der Waals surface area contributed by atoms with Gasteiger partial charge in [0.2, 0.25) is 0 Å². The van der Waals surface area contributed by atoms with E-state index in [2.05, 4.69) is 47.3 Å². The molecule has 1 N–H and O–H groups in total. The molecule has 0 unspecified atom stereocenters. The molecule has 1 aromatic carbocycles. The van der Waals surface area contributed by atoms with Crippen LogP contribution in [0.1, 0.15) is 27.0 Å². The SMILES string of the molecule is Cc1ccc(Sc2ncccc2C(=O)NCc2cccnc2N(C)C)cc1C. The number of anilines is 1. The van der Waals surface area contributed by atoms with Gasteiger partial charge in [0.25, 0.3) is 5.91 Å². The van der Waals surface area contributed by atoms with E-state index in [1.54, 1.807) is 18.5 Å². The van der Waals surface area contributed by atoms with Crippen LogP contribution in [-0.4, -0.2) is 30.0 Å². The molecule has 5 nitrogen and oxygen atoms in total. The zero-order chi connectivity index (χ0) is 20.1. The highest BCUT2D eigenvalue weighted by Crippen LogP contribution is 2.30. The summed E-state index contributed by atoms with van der Waals surface area (Å²) >= 11 is 1.50. The second kappa shape index (κ2) is 8.89. The summed E-state index contributed by atoms with van der Waals surface area (Å²) in [6.07, 6.45) is 3.46. The molecule has 0 saturated heterocycles. The van der Waals surface area contributed by atoms with Gasteiger partial charge in [-0.2, -0.15) is 0 Å². The summed E-state index contributed by atoms with van der Waals surface area (Å²) in [5.74, 6) is 0.701. The Morgan fingerprint density at radius 3 is 2.54 bits per heavy atom. The lowest BCUT2D eigenvalue weighted by Crippen LogP contribution is -2.25. The molecular weight excluding hydrogens is 368 g/mol. The van der Waals surface area contributed by atoms with E-state index in [1.807, 2.05) is 37.2 Å². The van der Waals surface area contributed by atoms with Gasteiger partial charge < -0.3 is 10.2 Å². The maximum Gasteiger partial charge on any atom is 0.254 e. The third kappa shape index (κ3) is 4.70. The largest absolute Gasteiger partial charge is 0.362 e. The van der Waals surface area contributed by atoms with Crippen molar-refractivity contribution in [2.45, 2.75) is 30.3 Å². The standard InChI is InChI=1S/C22H24N4OS/c1-15-9-10-18(13-16(15)2)28-22-19(8-6-12-24-22)21(27)25-14-17-7-5-11-23-20(17)26(3)4/h5-13H,14H2,1-4H3,(H,25,27). The molecule has 2 aromatic heterocycles. The normalized spacial score (nSPS) is 10.6. The van der Waals surface area contributed by atoms with Crippen LogP contribution in [0.2, 0.25) is 0 Å². The number of hydrogen-bond acceptors (Lipinski definition) is 5. The lowest BCUT2D eigenvalue weighted by atomic mass is 10.1. The minimum absolute atomic E-state index is 0.145. The lowest BCUT2D eigenvalue weighted by Gasteiger charge is -2.16. The van der Waals surface area contributed by atoms with E-state index in [0.29, 0.717) is 17.1 Å². The molecule has 3 rings (SSSR count). The summed E-state index contributed by atoms with van der Waals surface area (Å²) in [6.45, 7) is 4.58. The van der Waals surface area contributed by atoms with Crippen LogP contribution in [-0.2, 0) is 6.54 Å². The van der Waals surface area contributed by atoms with Crippen LogP contribution in [0.3, 0.4) is 0 Å². The Morgan fingerprint density at radius 2 is 1.79 bits per heavy atom. The van der Waals surface area contributed by atoms with Crippen molar-refractivity contribution in [2.75, 3.05) is 19.0 Å². The number of nitrogens with one attached hydrogen (secondary N) is 1. The summed E-state index contributed by atoms with van der Waals surface area (Å²) in [5.41, 5.74) is 4.00. The molecule has 0 aliphatic heterocycles. The monoisotopic (exact) mass is 392 g/mol. The van der Waals surface area contributed by atoms with Gasteiger partial charge in [0, 0.05) is 43.5 Å². The first-order valence-electron chi connectivity index (χ1n) is 9.05. The fourth-order valence-corrected chi connectivity index (χ4v) is 3.75. The van der Waals surface area contributed by atoms with Gasteiger partial charge in [-0.3, -0.25) is 4.79 Å². The van der Waals surface area contributed by atoms with Gasteiger partial charge in [0.15, 0.2) is 0 Å². The maximum absolute atomic E-state index is 12.8. The Balaban J connectivity index is 1.77. The molecule has 0 aliphatic rings. The van der Waals surface area contributed by atoms with E-state index >= 15 is 0 Å². The van der Waals surface area contributed by atoms with Crippen LogP contribution in [0, 0.1) is 13.8 Å². The topological polar surface area (TPSA) is 58.1 Å².